The molecule has 0 radical (unpaired) electrons. The van der Waals surface area contributed by atoms with Gasteiger partial charge in [0.25, 0.3) is 0 Å². The molecule has 1 aliphatic rings. The molecule has 1 rings (SSSR count). The molecule has 0 spiro atoms. The zero-order valence-corrected chi connectivity index (χ0v) is 7.77. The highest BCUT2D eigenvalue weighted by Gasteiger charge is 2.25. The second kappa shape index (κ2) is 4.23. The van der Waals surface area contributed by atoms with Crippen LogP contribution in [0.3, 0.4) is 0 Å². The summed E-state index contributed by atoms with van der Waals surface area (Å²) >= 11 is 0. The van der Waals surface area contributed by atoms with E-state index in [9.17, 15) is 9.59 Å². The van der Waals surface area contributed by atoms with E-state index in [1.165, 1.54) is 0 Å². The molecule has 0 unspecified atom stereocenters. The fourth-order valence-corrected chi connectivity index (χ4v) is 1.59. The Kier molecular flexibility index (Phi) is 3.25. The van der Waals surface area contributed by atoms with E-state index >= 15 is 0 Å². The molecule has 0 aromatic carbocycles. The van der Waals surface area contributed by atoms with Crippen LogP contribution < -0.4 is 5.84 Å². The topological polar surface area (TPSA) is 66.6 Å². The number of nitrogens with zero attached hydrogens (tertiary/aromatic N) is 2. The highest BCUT2D eigenvalue weighted by Crippen LogP contribution is 2.15. The lowest BCUT2D eigenvalue weighted by Crippen LogP contribution is -2.43. The molecule has 1 aliphatic heterocycles. The van der Waals surface area contributed by atoms with Gasteiger partial charge in [-0.1, -0.05) is 0 Å². The number of likely N-dealkylation sites (tertiary alicyclic amines) is 1. The van der Waals surface area contributed by atoms with Crippen molar-refractivity contribution in [3.8, 4) is 0 Å². The summed E-state index contributed by atoms with van der Waals surface area (Å²) in [6.07, 6.45) is 2.54. The first kappa shape index (κ1) is 9.98. The van der Waals surface area contributed by atoms with E-state index in [2.05, 4.69) is 0 Å². The highest BCUT2D eigenvalue weighted by atomic mass is 16.2. The Balaban J connectivity index is 2.42. The summed E-state index contributed by atoms with van der Waals surface area (Å²) in [6.45, 7) is 2.77. The summed E-state index contributed by atoms with van der Waals surface area (Å²) in [4.78, 5) is 23.4. The third-order valence-corrected chi connectivity index (χ3v) is 2.33. The zero-order chi connectivity index (χ0) is 9.84. The lowest BCUT2D eigenvalue weighted by atomic mass is 10.2. The van der Waals surface area contributed by atoms with Crippen LogP contribution >= 0.6 is 0 Å². The fourth-order valence-electron chi connectivity index (χ4n) is 1.59. The number of carbonyl (C=O) groups excluding carboxylic acids is 2. The predicted octanol–water partition coefficient (Wildman–Crippen LogP) is -0.671. The summed E-state index contributed by atoms with van der Waals surface area (Å²) in [7, 11) is 0. The third-order valence-electron chi connectivity index (χ3n) is 2.33. The van der Waals surface area contributed by atoms with E-state index in [1.54, 1.807) is 4.90 Å². The monoisotopic (exact) mass is 185 g/mol. The minimum absolute atomic E-state index is 0.0200. The van der Waals surface area contributed by atoms with Gasteiger partial charge in [-0.2, -0.15) is 0 Å². The van der Waals surface area contributed by atoms with Gasteiger partial charge in [0.2, 0.25) is 12.3 Å². The summed E-state index contributed by atoms with van der Waals surface area (Å²) in [6, 6.07) is 0.285. The Morgan fingerprint density at radius 3 is 2.92 bits per heavy atom. The molecule has 0 aliphatic carbocycles. The second-order valence-electron chi connectivity index (χ2n) is 3.36. The Bertz CT molecular complexity index is 208. The summed E-state index contributed by atoms with van der Waals surface area (Å²) < 4.78 is 0. The smallest absolute Gasteiger partial charge is 0.244 e. The first-order chi connectivity index (χ1) is 6.15. The molecule has 1 fully saturated rings. The molecule has 2 amide bonds. The molecule has 5 heteroatoms. The van der Waals surface area contributed by atoms with Crippen LogP contribution in [-0.2, 0) is 9.59 Å². The molecule has 5 nitrogen and oxygen atoms in total. The molecule has 1 atom stereocenters. The molecule has 0 bridgehead atoms. The van der Waals surface area contributed by atoms with Crippen molar-refractivity contribution in [2.45, 2.75) is 25.8 Å². The van der Waals surface area contributed by atoms with Crippen LogP contribution in [0.5, 0.6) is 0 Å². The minimum atomic E-state index is -0.0698. The number of rotatable bonds is 3. The van der Waals surface area contributed by atoms with Gasteiger partial charge in [-0.15, -0.1) is 0 Å². The van der Waals surface area contributed by atoms with Gasteiger partial charge in [0.1, 0.15) is 6.54 Å². The normalized spacial score (nSPS) is 21.7. The second-order valence-corrected chi connectivity index (χ2v) is 3.36. The summed E-state index contributed by atoms with van der Waals surface area (Å²) in [5.74, 6) is 5.13. The quantitative estimate of drug-likeness (QED) is 0.274. The molecule has 2 N–H and O–H groups in total. The standard InChI is InChI=1S/C8H15N3O2/c1-7-3-2-4-11(7)8(13)5-10(9)6-12/h6-7H,2-5,9H2,1H3/t7-/m1/s1. The molecular weight excluding hydrogens is 170 g/mol. The molecule has 0 saturated carbocycles. The summed E-state index contributed by atoms with van der Waals surface area (Å²) in [5, 5.41) is 0.868. The lowest BCUT2D eigenvalue weighted by molar-refractivity contribution is -0.136. The SMILES string of the molecule is C[C@@H]1CCCN1C(=O)CN(N)C=O. The zero-order valence-electron chi connectivity index (χ0n) is 7.77. The maximum atomic E-state index is 11.5. The van der Waals surface area contributed by atoms with Crippen LogP contribution in [0.15, 0.2) is 0 Å². The lowest BCUT2D eigenvalue weighted by Gasteiger charge is -2.22. The van der Waals surface area contributed by atoms with E-state index in [4.69, 9.17) is 5.84 Å². The molecule has 13 heavy (non-hydrogen) atoms. The van der Waals surface area contributed by atoms with Crippen molar-refractivity contribution in [3.05, 3.63) is 0 Å². The third kappa shape index (κ3) is 2.42. The first-order valence-electron chi connectivity index (χ1n) is 4.41. The van der Waals surface area contributed by atoms with Crippen molar-refractivity contribution < 1.29 is 9.59 Å². The average Bonchev–Trinajstić information content (AvgIpc) is 2.51. The van der Waals surface area contributed by atoms with Gasteiger partial charge < -0.3 is 4.90 Å². The Labute approximate surface area is 77.4 Å². The average molecular weight is 185 g/mol. The molecular formula is C8H15N3O2. The molecule has 1 saturated heterocycles. The molecule has 74 valence electrons. The van der Waals surface area contributed by atoms with Gasteiger partial charge in [-0.3, -0.25) is 14.6 Å². The van der Waals surface area contributed by atoms with Gasteiger partial charge >= 0.3 is 0 Å². The minimum Gasteiger partial charge on any atom is -0.338 e. The highest BCUT2D eigenvalue weighted by molar-refractivity contribution is 5.80. The fraction of sp³-hybridized carbons (Fsp3) is 0.750. The van der Waals surface area contributed by atoms with Crippen molar-refractivity contribution in [1.29, 1.82) is 0 Å². The van der Waals surface area contributed by atoms with Crippen molar-refractivity contribution in [2.75, 3.05) is 13.1 Å². The van der Waals surface area contributed by atoms with Gasteiger partial charge in [-0.05, 0) is 19.8 Å². The number of hydrazine groups is 1. The van der Waals surface area contributed by atoms with Crippen molar-refractivity contribution in [2.24, 2.45) is 5.84 Å². The maximum Gasteiger partial charge on any atom is 0.244 e. The van der Waals surface area contributed by atoms with Crippen molar-refractivity contribution in [1.82, 2.24) is 9.91 Å². The maximum absolute atomic E-state index is 11.5. The van der Waals surface area contributed by atoms with Crippen molar-refractivity contribution >= 4 is 12.3 Å². The van der Waals surface area contributed by atoms with Gasteiger partial charge in [-0.25, -0.2) is 5.84 Å². The van der Waals surface area contributed by atoms with E-state index in [-0.39, 0.29) is 18.5 Å². The van der Waals surface area contributed by atoms with E-state index in [0.717, 1.165) is 24.4 Å². The predicted molar refractivity (Wildman–Crippen MR) is 47.4 cm³/mol. The van der Waals surface area contributed by atoms with Gasteiger partial charge in [0.05, 0.1) is 0 Å². The Morgan fingerprint density at radius 1 is 1.77 bits per heavy atom. The number of amides is 2. The molecule has 0 aromatic rings. The number of nitrogens with two attached hydrogens (primary N) is 1. The van der Waals surface area contributed by atoms with Crippen LogP contribution in [-0.4, -0.2) is 41.4 Å². The van der Waals surface area contributed by atoms with Crippen LogP contribution in [0.1, 0.15) is 19.8 Å². The molecule has 1 heterocycles. The van der Waals surface area contributed by atoms with E-state index in [1.807, 2.05) is 6.92 Å². The first-order valence-corrected chi connectivity index (χ1v) is 4.41. The van der Waals surface area contributed by atoms with Crippen LogP contribution in [0.4, 0.5) is 0 Å². The number of hydrogen-bond acceptors (Lipinski definition) is 3. The number of carbonyl (C=O) groups is 2. The van der Waals surface area contributed by atoms with Crippen LogP contribution in [0, 0.1) is 0 Å². The van der Waals surface area contributed by atoms with E-state index < -0.39 is 0 Å². The van der Waals surface area contributed by atoms with Crippen molar-refractivity contribution in [3.63, 3.8) is 0 Å². The summed E-state index contributed by atoms with van der Waals surface area (Å²) in [5.41, 5.74) is 0. The largest absolute Gasteiger partial charge is 0.338 e. The van der Waals surface area contributed by atoms with Crippen LogP contribution in [0.25, 0.3) is 0 Å². The van der Waals surface area contributed by atoms with Gasteiger partial charge in [0, 0.05) is 12.6 Å². The van der Waals surface area contributed by atoms with E-state index in [0.29, 0.717) is 6.41 Å². The van der Waals surface area contributed by atoms with Crippen LogP contribution in [0.2, 0.25) is 0 Å². The Morgan fingerprint density at radius 2 is 2.46 bits per heavy atom. The molecule has 0 aromatic heterocycles. The van der Waals surface area contributed by atoms with Gasteiger partial charge in [0.15, 0.2) is 0 Å². The number of hydrogen-bond donors (Lipinski definition) is 1. The Hall–Kier alpha value is -1.10.